The van der Waals surface area contributed by atoms with Crippen LogP contribution in [0.15, 0.2) is 54.7 Å². The number of alkyl halides is 3. The molecule has 1 fully saturated rings. The SMILES string of the molecule is Cc1ccc(C)c(C(N)=O)c1.O=C(O)c1nnccc1N1CCN(C(=O)c2ccccc2C(F)(F)F)CC1. The molecule has 12 heteroatoms. The van der Waals surface area contributed by atoms with Gasteiger partial charge in [0.15, 0.2) is 5.69 Å². The highest BCUT2D eigenvalue weighted by Crippen LogP contribution is 2.32. The van der Waals surface area contributed by atoms with Crippen LogP contribution in [-0.4, -0.2) is 64.2 Å². The lowest BCUT2D eigenvalue weighted by Crippen LogP contribution is -2.49. The summed E-state index contributed by atoms with van der Waals surface area (Å²) >= 11 is 0. The molecule has 1 aliphatic heterocycles. The van der Waals surface area contributed by atoms with Crippen LogP contribution in [0.5, 0.6) is 0 Å². The molecular weight excluding hydrogens is 503 g/mol. The van der Waals surface area contributed by atoms with Crippen molar-refractivity contribution in [3.63, 3.8) is 0 Å². The minimum atomic E-state index is -4.62. The Bertz CT molecular complexity index is 1340. The summed E-state index contributed by atoms with van der Waals surface area (Å²) in [5.74, 6) is -2.28. The third-order valence-corrected chi connectivity index (χ3v) is 5.93. The van der Waals surface area contributed by atoms with Crippen molar-refractivity contribution in [2.24, 2.45) is 5.73 Å². The van der Waals surface area contributed by atoms with Crippen LogP contribution in [0.2, 0.25) is 0 Å². The van der Waals surface area contributed by atoms with E-state index in [0.717, 1.165) is 23.3 Å². The number of benzene rings is 2. The number of anilines is 1. The molecule has 0 saturated carbocycles. The van der Waals surface area contributed by atoms with Gasteiger partial charge in [0.25, 0.3) is 5.91 Å². The predicted molar refractivity (Wildman–Crippen MR) is 133 cm³/mol. The molecule has 3 N–H and O–H groups in total. The number of halogens is 3. The molecule has 0 spiro atoms. The fraction of sp³-hybridized carbons (Fsp3) is 0.269. The lowest BCUT2D eigenvalue weighted by molar-refractivity contribution is -0.138. The minimum Gasteiger partial charge on any atom is -0.476 e. The molecule has 3 aromatic rings. The van der Waals surface area contributed by atoms with Crippen molar-refractivity contribution in [3.05, 3.63) is 88.2 Å². The number of amides is 2. The van der Waals surface area contributed by atoms with Crippen LogP contribution in [-0.2, 0) is 6.18 Å². The maximum Gasteiger partial charge on any atom is 0.417 e. The number of carboxylic acid groups (broad SMARTS) is 1. The Morgan fingerprint density at radius 3 is 2.18 bits per heavy atom. The molecule has 4 rings (SSSR count). The van der Waals surface area contributed by atoms with Crippen molar-refractivity contribution < 1.29 is 32.7 Å². The molecule has 0 radical (unpaired) electrons. The highest BCUT2D eigenvalue weighted by atomic mass is 19.4. The van der Waals surface area contributed by atoms with Gasteiger partial charge in [-0.1, -0.05) is 29.8 Å². The summed E-state index contributed by atoms with van der Waals surface area (Å²) < 4.78 is 39.4. The third kappa shape index (κ3) is 6.64. The number of carboxylic acids is 1. The van der Waals surface area contributed by atoms with E-state index in [1.54, 1.807) is 11.0 Å². The van der Waals surface area contributed by atoms with E-state index in [-0.39, 0.29) is 37.8 Å². The van der Waals surface area contributed by atoms with Gasteiger partial charge >= 0.3 is 12.1 Å². The van der Waals surface area contributed by atoms with E-state index in [9.17, 15) is 32.7 Å². The monoisotopic (exact) mass is 529 g/mol. The van der Waals surface area contributed by atoms with E-state index in [0.29, 0.717) is 11.3 Å². The van der Waals surface area contributed by atoms with Gasteiger partial charge in [-0.05, 0) is 43.7 Å². The third-order valence-electron chi connectivity index (χ3n) is 5.93. The first-order valence-electron chi connectivity index (χ1n) is 11.5. The molecule has 0 atom stereocenters. The number of piperazine rings is 1. The molecule has 2 amide bonds. The van der Waals surface area contributed by atoms with Gasteiger partial charge in [0.05, 0.1) is 23.0 Å². The average molecular weight is 530 g/mol. The number of hydrogen-bond donors (Lipinski definition) is 2. The van der Waals surface area contributed by atoms with Gasteiger partial charge in [-0.15, -0.1) is 5.10 Å². The smallest absolute Gasteiger partial charge is 0.417 e. The van der Waals surface area contributed by atoms with Crippen LogP contribution in [0.1, 0.15) is 47.9 Å². The second kappa shape index (κ2) is 11.7. The molecular formula is C26H26F3N5O4. The van der Waals surface area contributed by atoms with Gasteiger partial charge in [-0.2, -0.15) is 18.3 Å². The van der Waals surface area contributed by atoms with E-state index >= 15 is 0 Å². The van der Waals surface area contributed by atoms with Crippen molar-refractivity contribution in [2.45, 2.75) is 20.0 Å². The van der Waals surface area contributed by atoms with E-state index in [1.165, 1.54) is 29.3 Å². The summed E-state index contributed by atoms with van der Waals surface area (Å²) in [5.41, 5.74) is 6.54. The van der Waals surface area contributed by atoms with E-state index in [1.807, 2.05) is 26.0 Å². The lowest BCUT2D eigenvalue weighted by atomic mass is 10.1. The molecule has 0 aliphatic carbocycles. The van der Waals surface area contributed by atoms with Gasteiger partial charge in [-0.25, -0.2) is 4.79 Å². The average Bonchev–Trinajstić information content (AvgIpc) is 2.89. The molecule has 2 heterocycles. The summed E-state index contributed by atoms with van der Waals surface area (Å²) in [5, 5.41) is 16.3. The van der Waals surface area contributed by atoms with Crippen molar-refractivity contribution in [2.75, 3.05) is 31.1 Å². The highest BCUT2D eigenvalue weighted by Gasteiger charge is 2.36. The fourth-order valence-corrected chi connectivity index (χ4v) is 3.97. The number of primary amides is 1. The van der Waals surface area contributed by atoms with Crippen molar-refractivity contribution >= 4 is 23.5 Å². The van der Waals surface area contributed by atoms with Crippen molar-refractivity contribution in [1.82, 2.24) is 15.1 Å². The number of aromatic nitrogens is 2. The zero-order chi connectivity index (χ0) is 28.0. The van der Waals surface area contributed by atoms with Crippen LogP contribution >= 0.6 is 0 Å². The topological polar surface area (TPSA) is 130 Å². The summed E-state index contributed by atoms with van der Waals surface area (Å²) in [6.07, 6.45) is -3.26. The van der Waals surface area contributed by atoms with Crippen LogP contribution in [0.4, 0.5) is 18.9 Å². The van der Waals surface area contributed by atoms with Crippen LogP contribution < -0.4 is 10.6 Å². The van der Waals surface area contributed by atoms with Gasteiger partial charge < -0.3 is 20.6 Å². The first-order chi connectivity index (χ1) is 17.9. The molecule has 1 aliphatic rings. The fourth-order valence-electron chi connectivity index (χ4n) is 3.97. The first kappa shape index (κ1) is 28.1. The number of rotatable bonds is 4. The van der Waals surface area contributed by atoms with Gasteiger partial charge in [0.1, 0.15) is 0 Å². The number of nitrogens with zero attached hydrogens (tertiary/aromatic N) is 4. The Morgan fingerprint density at radius 1 is 0.947 bits per heavy atom. The summed E-state index contributed by atoms with van der Waals surface area (Å²) in [6, 6.07) is 11.8. The number of aryl methyl sites for hydroxylation is 2. The van der Waals surface area contributed by atoms with E-state index < -0.39 is 29.2 Å². The standard InChI is InChI=1S/C17H15F3N4O3.C9H11NO/c18-17(19,20)12-4-2-1-3-11(12)15(25)24-9-7-23(8-10-24)13-5-6-21-22-14(13)16(26)27;1-6-3-4-7(2)8(5-6)9(10)11/h1-6H,7-10H2,(H,26,27);3-5H,1-2H3,(H2,10,11). The van der Waals surface area contributed by atoms with Gasteiger partial charge in [0.2, 0.25) is 5.91 Å². The molecule has 9 nitrogen and oxygen atoms in total. The second-order valence-electron chi connectivity index (χ2n) is 8.58. The lowest BCUT2D eigenvalue weighted by Gasteiger charge is -2.36. The van der Waals surface area contributed by atoms with Crippen molar-refractivity contribution in [3.8, 4) is 0 Å². The van der Waals surface area contributed by atoms with Crippen LogP contribution in [0, 0.1) is 13.8 Å². The molecule has 1 aromatic heterocycles. The van der Waals surface area contributed by atoms with Gasteiger partial charge in [0, 0.05) is 31.7 Å². The molecule has 2 aromatic carbocycles. The maximum atomic E-state index is 13.1. The molecule has 0 bridgehead atoms. The number of aromatic carboxylic acids is 1. The number of carbonyl (C=O) groups excluding carboxylic acids is 2. The Hall–Kier alpha value is -4.48. The molecule has 200 valence electrons. The first-order valence-corrected chi connectivity index (χ1v) is 11.5. The van der Waals surface area contributed by atoms with E-state index in [4.69, 9.17) is 5.73 Å². The Balaban J connectivity index is 0.000000304. The van der Waals surface area contributed by atoms with Crippen molar-refractivity contribution in [1.29, 1.82) is 0 Å². The predicted octanol–water partition coefficient (Wildman–Crippen LogP) is 3.56. The normalized spacial score (nSPS) is 13.4. The number of carbonyl (C=O) groups is 3. The minimum absolute atomic E-state index is 0.159. The summed E-state index contributed by atoms with van der Waals surface area (Å²) in [4.78, 5) is 37.7. The quantitative estimate of drug-likeness (QED) is 0.529. The molecule has 38 heavy (non-hydrogen) atoms. The molecule has 0 unspecified atom stereocenters. The van der Waals surface area contributed by atoms with Crippen LogP contribution in [0.3, 0.4) is 0 Å². The Morgan fingerprint density at radius 2 is 1.61 bits per heavy atom. The Kier molecular flexibility index (Phi) is 8.66. The maximum absolute atomic E-state index is 13.1. The summed E-state index contributed by atoms with van der Waals surface area (Å²) in [6.45, 7) is 4.67. The Labute approximate surface area is 216 Å². The molecule has 1 saturated heterocycles. The second-order valence-corrected chi connectivity index (χ2v) is 8.58. The number of hydrogen-bond acceptors (Lipinski definition) is 6. The zero-order valence-electron chi connectivity index (χ0n) is 20.7. The highest BCUT2D eigenvalue weighted by molar-refractivity contribution is 5.96. The van der Waals surface area contributed by atoms with Gasteiger partial charge in [-0.3, -0.25) is 9.59 Å². The van der Waals surface area contributed by atoms with E-state index in [2.05, 4.69) is 10.2 Å². The zero-order valence-corrected chi connectivity index (χ0v) is 20.7. The largest absolute Gasteiger partial charge is 0.476 e. The number of nitrogens with two attached hydrogens (primary N) is 1. The summed E-state index contributed by atoms with van der Waals surface area (Å²) in [7, 11) is 0. The van der Waals surface area contributed by atoms with Crippen LogP contribution in [0.25, 0.3) is 0 Å².